The van der Waals surface area contributed by atoms with E-state index in [2.05, 4.69) is 10.3 Å². The molecular weight excluding hydrogens is 473 g/mol. The van der Waals surface area contributed by atoms with E-state index >= 15 is 0 Å². The van der Waals surface area contributed by atoms with Crippen molar-refractivity contribution in [1.82, 2.24) is 10.3 Å². The van der Waals surface area contributed by atoms with Gasteiger partial charge in [0, 0.05) is 23.0 Å². The van der Waals surface area contributed by atoms with E-state index < -0.39 is 23.8 Å². The molecule has 0 bridgehead atoms. The van der Waals surface area contributed by atoms with Gasteiger partial charge in [-0.05, 0) is 56.0 Å². The second-order valence-electron chi connectivity index (χ2n) is 8.02. The standard InChI is InChI=1S/C26H25ClFN3O4/c1-3-34-26(33)19(10-11-29)13-21(31-24(32)25-30-15-16(2)35-25)12-17-4-6-18(7-5-17)22-14-20(27)8-9-23(22)28/h4-9,14-15,19,21H,3,10,12-13H2,1-2H3,(H,31,32)/t19-,21-/m1/s1. The molecule has 0 radical (unpaired) electrons. The van der Waals surface area contributed by atoms with Gasteiger partial charge in [-0.1, -0.05) is 35.9 Å². The van der Waals surface area contributed by atoms with E-state index in [0.29, 0.717) is 28.3 Å². The van der Waals surface area contributed by atoms with Gasteiger partial charge in [0.25, 0.3) is 5.89 Å². The van der Waals surface area contributed by atoms with Crippen LogP contribution in [0.3, 0.4) is 0 Å². The zero-order valence-corrected chi connectivity index (χ0v) is 20.1. The number of nitriles is 1. The van der Waals surface area contributed by atoms with Crippen LogP contribution in [0.1, 0.15) is 41.8 Å². The van der Waals surface area contributed by atoms with E-state index in [-0.39, 0.29) is 31.2 Å². The van der Waals surface area contributed by atoms with E-state index in [0.717, 1.165) is 5.56 Å². The Morgan fingerprint density at radius 1 is 1.26 bits per heavy atom. The van der Waals surface area contributed by atoms with Gasteiger partial charge in [0.2, 0.25) is 0 Å². The first kappa shape index (κ1) is 25.9. The van der Waals surface area contributed by atoms with E-state index in [1.807, 2.05) is 18.2 Å². The molecule has 0 aliphatic heterocycles. The Morgan fingerprint density at radius 3 is 2.63 bits per heavy atom. The molecule has 0 aliphatic carbocycles. The summed E-state index contributed by atoms with van der Waals surface area (Å²) >= 11 is 6.01. The quantitative estimate of drug-likeness (QED) is 0.383. The van der Waals surface area contributed by atoms with E-state index in [1.165, 1.54) is 18.3 Å². The maximum atomic E-state index is 14.2. The number of oxazole rings is 1. The molecule has 9 heteroatoms. The lowest BCUT2D eigenvalue weighted by atomic mass is 9.92. The molecule has 182 valence electrons. The zero-order chi connectivity index (χ0) is 25.4. The average Bonchev–Trinajstić information content (AvgIpc) is 3.27. The van der Waals surface area contributed by atoms with Gasteiger partial charge in [-0.3, -0.25) is 9.59 Å². The third-order valence-corrected chi connectivity index (χ3v) is 5.59. The summed E-state index contributed by atoms with van der Waals surface area (Å²) in [5.41, 5.74) is 1.87. The molecule has 0 spiro atoms. The Hall–Kier alpha value is -3.70. The first-order valence-electron chi connectivity index (χ1n) is 11.1. The van der Waals surface area contributed by atoms with Gasteiger partial charge in [0.1, 0.15) is 11.6 Å². The minimum Gasteiger partial charge on any atom is -0.466 e. The second-order valence-corrected chi connectivity index (χ2v) is 8.46. The SMILES string of the molecule is CCOC(=O)[C@H](CC#N)C[C@@H](Cc1ccc(-c2cc(Cl)ccc2F)cc1)NC(=O)c1ncc(C)o1. The summed E-state index contributed by atoms with van der Waals surface area (Å²) in [6.07, 6.45) is 1.93. The van der Waals surface area contributed by atoms with Gasteiger partial charge in [-0.25, -0.2) is 9.37 Å². The first-order chi connectivity index (χ1) is 16.8. The van der Waals surface area contributed by atoms with Gasteiger partial charge in [-0.15, -0.1) is 0 Å². The molecule has 0 unspecified atom stereocenters. The lowest BCUT2D eigenvalue weighted by molar-refractivity contribution is -0.148. The van der Waals surface area contributed by atoms with Crippen molar-refractivity contribution in [2.75, 3.05) is 6.61 Å². The van der Waals surface area contributed by atoms with Crippen molar-refractivity contribution in [2.24, 2.45) is 5.92 Å². The molecule has 0 aliphatic rings. The predicted octanol–water partition coefficient (Wildman–Crippen LogP) is 5.27. The summed E-state index contributed by atoms with van der Waals surface area (Å²) in [6.45, 7) is 3.56. The van der Waals surface area contributed by atoms with Crippen molar-refractivity contribution in [1.29, 1.82) is 5.26 Å². The second kappa shape index (κ2) is 12.1. The first-order valence-corrected chi connectivity index (χ1v) is 11.5. The lowest BCUT2D eigenvalue weighted by Crippen LogP contribution is -2.39. The minimum atomic E-state index is -0.712. The number of hydrogen-bond acceptors (Lipinski definition) is 6. The van der Waals surface area contributed by atoms with E-state index in [9.17, 15) is 19.2 Å². The Bertz CT molecular complexity index is 1220. The fourth-order valence-corrected chi connectivity index (χ4v) is 3.87. The summed E-state index contributed by atoms with van der Waals surface area (Å²) in [5.74, 6) is -1.72. The highest BCUT2D eigenvalue weighted by atomic mass is 35.5. The van der Waals surface area contributed by atoms with Crippen LogP contribution in [0.5, 0.6) is 0 Å². The van der Waals surface area contributed by atoms with Crippen LogP contribution in [0.15, 0.2) is 53.1 Å². The van der Waals surface area contributed by atoms with Crippen LogP contribution in [-0.4, -0.2) is 29.5 Å². The Balaban J connectivity index is 1.82. The van der Waals surface area contributed by atoms with Gasteiger partial charge in [-0.2, -0.15) is 5.26 Å². The highest BCUT2D eigenvalue weighted by molar-refractivity contribution is 6.30. The number of carbonyl (C=O) groups excluding carboxylic acids is 2. The van der Waals surface area contributed by atoms with E-state index in [4.69, 9.17) is 20.8 Å². The van der Waals surface area contributed by atoms with Gasteiger partial charge in [0.05, 0.1) is 24.8 Å². The van der Waals surface area contributed by atoms with Crippen molar-refractivity contribution in [3.63, 3.8) is 0 Å². The zero-order valence-electron chi connectivity index (χ0n) is 19.4. The number of esters is 1. The van der Waals surface area contributed by atoms with Crippen molar-refractivity contribution in [3.8, 4) is 17.2 Å². The van der Waals surface area contributed by atoms with Crippen molar-refractivity contribution in [3.05, 3.63) is 76.7 Å². The fraction of sp³-hybridized carbons (Fsp3) is 0.308. The van der Waals surface area contributed by atoms with Crippen molar-refractivity contribution >= 4 is 23.5 Å². The highest BCUT2D eigenvalue weighted by Crippen LogP contribution is 2.27. The molecule has 3 rings (SSSR count). The van der Waals surface area contributed by atoms with Crippen molar-refractivity contribution in [2.45, 2.75) is 39.2 Å². The van der Waals surface area contributed by atoms with E-state index in [1.54, 1.807) is 32.0 Å². The molecular formula is C26H25ClFN3O4. The maximum Gasteiger partial charge on any atom is 0.310 e. The molecule has 35 heavy (non-hydrogen) atoms. The molecule has 7 nitrogen and oxygen atoms in total. The monoisotopic (exact) mass is 497 g/mol. The van der Waals surface area contributed by atoms with Gasteiger partial charge < -0.3 is 14.5 Å². The predicted molar refractivity (Wildman–Crippen MR) is 128 cm³/mol. The number of aromatic nitrogens is 1. The molecule has 1 aromatic heterocycles. The van der Waals surface area contributed by atoms with Crippen LogP contribution in [0.4, 0.5) is 4.39 Å². The van der Waals surface area contributed by atoms with Crippen LogP contribution in [0.25, 0.3) is 11.1 Å². The van der Waals surface area contributed by atoms with Crippen LogP contribution < -0.4 is 5.32 Å². The maximum absolute atomic E-state index is 14.2. The van der Waals surface area contributed by atoms with Crippen LogP contribution in [0.2, 0.25) is 5.02 Å². The molecule has 1 N–H and O–H groups in total. The fourth-order valence-electron chi connectivity index (χ4n) is 3.70. The molecule has 2 atom stereocenters. The molecule has 2 aromatic carbocycles. The Labute approximate surface area is 207 Å². The number of amides is 1. The number of aryl methyl sites for hydroxylation is 1. The average molecular weight is 498 g/mol. The number of nitrogens with zero attached hydrogens (tertiary/aromatic N) is 2. The molecule has 0 saturated carbocycles. The third kappa shape index (κ3) is 7.14. The summed E-state index contributed by atoms with van der Waals surface area (Å²) in [7, 11) is 0. The van der Waals surface area contributed by atoms with Crippen LogP contribution >= 0.6 is 11.6 Å². The van der Waals surface area contributed by atoms with Crippen molar-refractivity contribution < 1.29 is 23.1 Å². The highest BCUT2D eigenvalue weighted by Gasteiger charge is 2.27. The number of halogens is 2. The largest absolute Gasteiger partial charge is 0.466 e. The summed E-state index contributed by atoms with van der Waals surface area (Å²) in [6, 6.07) is 13.0. The Kier molecular flexibility index (Phi) is 8.98. The third-order valence-electron chi connectivity index (χ3n) is 5.35. The summed E-state index contributed by atoms with van der Waals surface area (Å²) in [5, 5.41) is 12.5. The molecule has 1 amide bonds. The minimum absolute atomic E-state index is 0.0453. The normalized spacial score (nSPS) is 12.4. The lowest BCUT2D eigenvalue weighted by Gasteiger charge is -2.22. The smallest absolute Gasteiger partial charge is 0.310 e. The number of benzene rings is 2. The molecule has 3 aromatic rings. The molecule has 1 heterocycles. The topological polar surface area (TPSA) is 105 Å². The Morgan fingerprint density at radius 2 is 2.00 bits per heavy atom. The van der Waals surface area contributed by atoms with Gasteiger partial charge >= 0.3 is 11.9 Å². The van der Waals surface area contributed by atoms with Crippen LogP contribution in [-0.2, 0) is 16.0 Å². The molecule has 0 fully saturated rings. The summed E-state index contributed by atoms with van der Waals surface area (Å²) in [4.78, 5) is 29.0. The molecule has 0 saturated heterocycles. The number of carbonyl (C=O) groups is 2. The summed E-state index contributed by atoms with van der Waals surface area (Å²) < 4.78 is 24.6. The van der Waals surface area contributed by atoms with Gasteiger partial charge in [0.15, 0.2) is 0 Å². The number of nitrogens with one attached hydrogen (secondary N) is 1. The number of rotatable bonds is 10. The number of ether oxygens (including phenoxy) is 1. The number of hydrogen-bond donors (Lipinski definition) is 1. The van der Waals surface area contributed by atoms with Crippen LogP contribution in [0, 0.1) is 30.0 Å².